The molecule has 0 radical (unpaired) electrons. The molecule has 0 bridgehead atoms. The molecule has 0 atom stereocenters. The number of hydrogen-bond donors (Lipinski definition) is 1. The van der Waals surface area contributed by atoms with Crippen LogP contribution < -0.4 is 11.2 Å². The molecule has 0 saturated carbocycles. The second-order valence-electron chi connectivity index (χ2n) is 5.31. The second kappa shape index (κ2) is 5.27. The van der Waals surface area contributed by atoms with Crippen LogP contribution in [0.1, 0.15) is 5.56 Å². The van der Waals surface area contributed by atoms with Crippen LogP contribution in [0.5, 0.6) is 0 Å². The molecule has 1 N–H and O–H groups in total. The minimum atomic E-state index is -0.548. The highest BCUT2D eigenvalue weighted by atomic mass is 16.2. The lowest BCUT2D eigenvalue weighted by molar-refractivity contribution is 0.877. The van der Waals surface area contributed by atoms with E-state index in [1.165, 1.54) is 12.5 Å². The number of benzene rings is 1. The van der Waals surface area contributed by atoms with Crippen LogP contribution in [0.25, 0.3) is 22.7 Å². The van der Waals surface area contributed by atoms with Crippen molar-refractivity contribution in [2.45, 2.75) is 6.92 Å². The van der Waals surface area contributed by atoms with Crippen molar-refractivity contribution < 1.29 is 0 Å². The van der Waals surface area contributed by atoms with Gasteiger partial charge in [0.25, 0.3) is 5.56 Å². The lowest BCUT2D eigenvalue weighted by atomic mass is 10.2. The SMILES string of the molecule is Cc1cccc(-n2c(=O)[nH]c3nc(-n4ccnc4)ncc3c2=O)c1. The number of aromatic nitrogens is 6. The van der Waals surface area contributed by atoms with E-state index < -0.39 is 11.2 Å². The van der Waals surface area contributed by atoms with Gasteiger partial charge in [-0.2, -0.15) is 4.98 Å². The van der Waals surface area contributed by atoms with Crippen molar-refractivity contribution >= 4 is 11.0 Å². The van der Waals surface area contributed by atoms with Gasteiger partial charge in [0.2, 0.25) is 5.95 Å². The minimum absolute atomic E-state index is 0.188. The Labute approximate surface area is 135 Å². The topological polar surface area (TPSA) is 98.5 Å². The van der Waals surface area contributed by atoms with E-state index in [9.17, 15) is 9.59 Å². The third kappa shape index (κ3) is 2.21. The summed E-state index contributed by atoms with van der Waals surface area (Å²) in [6.45, 7) is 1.89. The molecule has 24 heavy (non-hydrogen) atoms. The number of nitrogens with one attached hydrogen (secondary N) is 1. The van der Waals surface area contributed by atoms with Gasteiger partial charge in [-0.25, -0.2) is 19.3 Å². The zero-order chi connectivity index (χ0) is 16.7. The molecule has 0 aliphatic carbocycles. The number of fused-ring (bicyclic) bond motifs is 1. The lowest BCUT2D eigenvalue weighted by Gasteiger charge is -2.07. The first-order chi connectivity index (χ1) is 11.6. The monoisotopic (exact) mass is 320 g/mol. The zero-order valence-electron chi connectivity index (χ0n) is 12.7. The summed E-state index contributed by atoms with van der Waals surface area (Å²) in [5.74, 6) is 0.323. The third-order valence-electron chi connectivity index (χ3n) is 3.63. The van der Waals surface area contributed by atoms with E-state index in [-0.39, 0.29) is 11.0 Å². The van der Waals surface area contributed by atoms with Crippen LogP contribution in [0, 0.1) is 6.92 Å². The summed E-state index contributed by atoms with van der Waals surface area (Å²) < 4.78 is 2.67. The number of H-pyrrole nitrogens is 1. The second-order valence-corrected chi connectivity index (χ2v) is 5.31. The van der Waals surface area contributed by atoms with E-state index >= 15 is 0 Å². The Hall–Kier alpha value is -3.55. The fraction of sp³-hybridized carbons (Fsp3) is 0.0625. The predicted molar refractivity (Wildman–Crippen MR) is 87.6 cm³/mol. The molecule has 3 aromatic heterocycles. The predicted octanol–water partition coefficient (Wildman–Crippen LogP) is 0.963. The summed E-state index contributed by atoms with van der Waals surface area (Å²) >= 11 is 0. The van der Waals surface area contributed by atoms with Crippen LogP contribution >= 0.6 is 0 Å². The highest BCUT2D eigenvalue weighted by Crippen LogP contribution is 2.09. The van der Waals surface area contributed by atoms with Gasteiger partial charge in [-0.05, 0) is 24.6 Å². The molecule has 0 unspecified atom stereocenters. The van der Waals surface area contributed by atoms with Crippen molar-refractivity contribution in [1.29, 1.82) is 0 Å². The van der Waals surface area contributed by atoms with Crippen LogP contribution in [0.2, 0.25) is 0 Å². The van der Waals surface area contributed by atoms with Crippen molar-refractivity contribution in [3.05, 3.63) is 75.6 Å². The Bertz CT molecular complexity index is 1160. The van der Waals surface area contributed by atoms with Crippen molar-refractivity contribution in [3.63, 3.8) is 0 Å². The maximum Gasteiger partial charge on any atom is 0.334 e. The molecule has 1 aromatic carbocycles. The summed E-state index contributed by atoms with van der Waals surface area (Å²) in [5.41, 5.74) is 0.630. The van der Waals surface area contributed by atoms with E-state index in [2.05, 4.69) is 19.9 Å². The summed E-state index contributed by atoms with van der Waals surface area (Å²) in [6, 6.07) is 7.16. The molecule has 8 heteroatoms. The molecule has 8 nitrogen and oxygen atoms in total. The molecule has 0 aliphatic heterocycles. The third-order valence-corrected chi connectivity index (χ3v) is 3.63. The van der Waals surface area contributed by atoms with Gasteiger partial charge in [-0.15, -0.1) is 0 Å². The fourth-order valence-corrected chi connectivity index (χ4v) is 2.50. The van der Waals surface area contributed by atoms with Crippen LogP contribution in [0.3, 0.4) is 0 Å². The number of aryl methyl sites for hydroxylation is 1. The fourth-order valence-electron chi connectivity index (χ4n) is 2.50. The van der Waals surface area contributed by atoms with Gasteiger partial charge in [0.05, 0.1) is 5.69 Å². The Morgan fingerprint density at radius 1 is 1.21 bits per heavy atom. The van der Waals surface area contributed by atoms with Gasteiger partial charge >= 0.3 is 5.69 Å². The van der Waals surface area contributed by atoms with E-state index in [0.717, 1.165) is 10.1 Å². The first-order valence-electron chi connectivity index (χ1n) is 7.21. The van der Waals surface area contributed by atoms with Crippen LogP contribution in [0.4, 0.5) is 0 Å². The summed E-state index contributed by atoms with van der Waals surface area (Å²) in [4.78, 5) is 40.1. The molecule has 4 rings (SSSR count). The number of hydrogen-bond acceptors (Lipinski definition) is 5. The quantitative estimate of drug-likeness (QED) is 0.593. The van der Waals surface area contributed by atoms with E-state index in [1.807, 2.05) is 13.0 Å². The smallest absolute Gasteiger partial charge is 0.291 e. The van der Waals surface area contributed by atoms with Crippen molar-refractivity contribution in [1.82, 2.24) is 29.1 Å². The highest BCUT2D eigenvalue weighted by Gasteiger charge is 2.12. The van der Waals surface area contributed by atoms with Crippen molar-refractivity contribution in [3.8, 4) is 11.6 Å². The van der Waals surface area contributed by atoms with Crippen molar-refractivity contribution in [2.24, 2.45) is 0 Å². The van der Waals surface area contributed by atoms with Gasteiger partial charge in [-0.1, -0.05) is 12.1 Å². The lowest BCUT2D eigenvalue weighted by Crippen LogP contribution is -2.34. The van der Waals surface area contributed by atoms with Gasteiger partial charge < -0.3 is 0 Å². The van der Waals surface area contributed by atoms with Crippen LogP contribution in [-0.2, 0) is 0 Å². The molecule has 3 heterocycles. The molecule has 0 saturated heterocycles. The van der Waals surface area contributed by atoms with E-state index in [0.29, 0.717) is 11.6 Å². The molecular weight excluding hydrogens is 308 g/mol. The van der Waals surface area contributed by atoms with Gasteiger partial charge in [0.15, 0.2) is 5.65 Å². The molecular formula is C16H12N6O2. The Morgan fingerprint density at radius 3 is 2.83 bits per heavy atom. The highest BCUT2D eigenvalue weighted by molar-refractivity contribution is 5.73. The Kier molecular flexibility index (Phi) is 3.09. The number of nitrogens with zero attached hydrogens (tertiary/aromatic N) is 5. The van der Waals surface area contributed by atoms with Crippen LogP contribution in [-0.4, -0.2) is 29.1 Å². The molecule has 0 aliphatic rings. The van der Waals surface area contributed by atoms with Crippen LogP contribution in [0.15, 0.2) is 58.8 Å². The molecule has 4 aromatic rings. The maximum atomic E-state index is 12.7. The van der Waals surface area contributed by atoms with E-state index in [4.69, 9.17) is 0 Å². The average molecular weight is 320 g/mol. The van der Waals surface area contributed by atoms with E-state index in [1.54, 1.807) is 35.2 Å². The van der Waals surface area contributed by atoms with Gasteiger partial charge in [0.1, 0.15) is 11.7 Å². The molecule has 0 fully saturated rings. The minimum Gasteiger partial charge on any atom is -0.291 e. The first kappa shape index (κ1) is 14.1. The summed E-state index contributed by atoms with van der Waals surface area (Å²) in [6.07, 6.45) is 6.20. The summed E-state index contributed by atoms with van der Waals surface area (Å²) in [7, 11) is 0. The molecule has 0 spiro atoms. The first-order valence-corrected chi connectivity index (χ1v) is 7.21. The van der Waals surface area contributed by atoms with Gasteiger partial charge in [0, 0.05) is 18.6 Å². The molecule has 118 valence electrons. The average Bonchev–Trinajstić information content (AvgIpc) is 3.09. The number of aromatic amines is 1. The number of rotatable bonds is 2. The Morgan fingerprint density at radius 2 is 2.08 bits per heavy atom. The zero-order valence-corrected chi connectivity index (χ0v) is 12.7. The molecule has 0 amide bonds. The van der Waals surface area contributed by atoms with Crippen molar-refractivity contribution in [2.75, 3.05) is 0 Å². The largest absolute Gasteiger partial charge is 0.334 e. The Balaban J connectivity index is 1.98. The van der Waals surface area contributed by atoms with Gasteiger partial charge in [-0.3, -0.25) is 14.3 Å². The number of imidazole rings is 1. The normalized spacial score (nSPS) is 11.0. The standard InChI is InChI=1S/C16H12N6O2/c1-10-3-2-4-11(7-10)22-14(23)12-8-18-15(21-6-5-17-9-21)19-13(12)20-16(22)24/h2-9H,1H3,(H,18,19,20,24). The maximum absolute atomic E-state index is 12.7. The summed E-state index contributed by atoms with van der Waals surface area (Å²) in [5, 5.41) is 0.236.